The highest BCUT2D eigenvalue weighted by atomic mass is 32.2. The number of nitrogens with zero attached hydrogens (tertiary/aromatic N) is 3. The highest BCUT2D eigenvalue weighted by Crippen LogP contribution is 2.35. The largest absolute Gasteiger partial charge is 0.416 e. The Morgan fingerprint density at radius 2 is 1.83 bits per heavy atom. The summed E-state index contributed by atoms with van der Waals surface area (Å²) in [5, 5.41) is 0.504. The van der Waals surface area contributed by atoms with Crippen molar-refractivity contribution in [2.75, 3.05) is 31.6 Å². The first-order chi connectivity index (χ1) is 13.7. The summed E-state index contributed by atoms with van der Waals surface area (Å²) in [6.45, 7) is 2.00. The van der Waals surface area contributed by atoms with E-state index in [2.05, 4.69) is 9.88 Å². The van der Waals surface area contributed by atoms with Crippen LogP contribution in [0.3, 0.4) is 0 Å². The van der Waals surface area contributed by atoms with Gasteiger partial charge in [-0.25, -0.2) is 12.7 Å². The third-order valence-electron chi connectivity index (χ3n) is 5.90. The molecule has 0 radical (unpaired) electrons. The summed E-state index contributed by atoms with van der Waals surface area (Å²) in [6, 6.07) is 5.50. The molecule has 0 bridgehead atoms. The standard InChI is InChI=1S/C20H24F3N3O2S/c1-25(29(27,28)16-3-4-16)13-14-7-10-26(11-8-14)19-6-9-24-18-12-15(20(21,22)23)2-5-17(18)19/h2,5-6,9,12,14,16H,3-4,7-8,10-11,13H2,1H3. The third kappa shape index (κ3) is 4.21. The van der Waals surface area contributed by atoms with E-state index in [0.717, 1.165) is 56.6 Å². The molecule has 29 heavy (non-hydrogen) atoms. The lowest BCUT2D eigenvalue weighted by atomic mass is 9.96. The van der Waals surface area contributed by atoms with E-state index in [0.29, 0.717) is 17.4 Å². The van der Waals surface area contributed by atoms with E-state index in [1.54, 1.807) is 13.2 Å². The van der Waals surface area contributed by atoms with Crippen LogP contribution in [0.25, 0.3) is 10.9 Å². The second kappa shape index (κ2) is 7.43. The van der Waals surface area contributed by atoms with Gasteiger partial charge in [-0.05, 0) is 49.8 Å². The summed E-state index contributed by atoms with van der Waals surface area (Å²) in [7, 11) is -1.49. The van der Waals surface area contributed by atoms with Crippen molar-refractivity contribution in [3.8, 4) is 0 Å². The molecule has 0 N–H and O–H groups in total. The van der Waals surface area contributed by atoms with E-state index >= 15 is 0 Å². The molecule has 1 aromatic heterocycles. The van der Waals surface area contributed by atoms with Crippen molar-refractivity contribution in [1.29, 1.82) is 0 Å². The minimum absolute atomic E-state index is 0.197. The van der Waals surface area contributed by atoms with Gasteiger partial charge in [0.15, 0.2) is 0 Å². The predicted octanol–water partition coefficient (Wildman–Crippen LogP) is 3.89. The van der Waals surface area contributed by atoms with Crippen molar-refractivity contribution in [3.05, 3.63) is 36.0 Å². The van der Waals surface area contributed by atoms with Crippen LogP contribution in [0.5, 0.6) is 0 Å². The van der Waals surface area contributed by atoms with Gasteiger partial charge in [0.2, 0.25) is 10.0 Å². The van der Waals surface area contributed by atoms with Gasteiger partial charge in [0.25, 0.3) is 0 Å². The molecule has 4 rings (SSSR count). The molecule has 5 nitrogen and oxygen atoms in total. The van der Waals surface area contributed by atoms with E-state index in [4.69, 9.17) is 0 Å². The summed E-state index contributed by atoms with van der Waals surface area (Å²) in [6.07, 6.45) is 0.355. The molecule has 1 aromatic carbocycles. The van der Waals surface area contributed by atoms with Crippen LogP contribution in [0.2, 0.25) is 0 Å². The zero-order chi connectivity index (χ0) is 20.8. The number of hydrogen-bond acceptors (Lipinski definition) is 4. The molecular formula is C20H24F3N3O2S. The number of halogens is 3. The zero-order valence-electron chi connectivity index (χ0n) is 16.2. The van der Waals surface area contributed by atoms with Gasteiger partial charge in [0, 0.05) is 44.0 Å². The molecule has 1 saturated heterocycles. The van der Waals surface area contributed by atoms with Gasteiger partial charge in [0.1, 0.15) is 0 Å². The lowest BCUT2D eigenvalue weighted by Crippen LogP contribution is -2.40. The minimum Gasteiger partial charge on any atom is -0.371 e. The van der Waals surface area contributed by atoms with Crippen molar-refractivity contribution in [2.24, 2.45) is 5.92 Å². The maximum atomic E-state index is 13.0. The first kappa shape index (κ1) is 20.4. The van der Waals surface area contributed by atoms with E-state index in [1.165, 1.54) is 10.4 Å². The van der Waals surface area contributed by atoms with Crippen LogP contribution in [0.15, 0.2) is 30.5 Å². The molecule has 9 heteroatoms. The fourth-order valence-corrected chi connectivity index (χ4v) is 5.69. The van der Waals surface area contributed by atoms with Gasteiger partial charge in [0.05, 0.1) is 16.3 Å². The SMILES string of the molecule is CN(CC1CCN(c2ccnc3cc(C(F)(F)F)ccc23)CC1)S(=O)(=O)C1CC1. The monoisotopic (exact) mass is 427 g/mol. The topological polar surface area (TPSA) is 53.5 Å². The third-order valence-corrected chi connectivity index (χ3v) is 8.23. The van der Waals surface area contributed by atoms with Crippen molar-refractivity contribution in [3.63, 3.8) is 0 Å². The Hall–Kier alpha value is -1.87. The Bertz CT molecular complexity index is 998. The number of sulfonamides is 1. The smallest absolute Gasteiger partial charge is 0.371 e. The quantitative estimate of drug-likeness (QED) is 0.727. The summed E-state index contributed by atoms with van der Waals surface area (Å²) < 4.78 is 65.1. The van der Waals surface area contributed by atoms with Gasteiger partial charge in [-0.2, -0.15) is 13.2 Å². The van der Waals surface area contributed by atoms with Gasteiger partial charge in [-0.1, -0.05) is 6.07 Å². The van der Waals surface area contributed by atoms with Gasteiger partial charge in [-0.3, -0.25) is 4.98 Å². The number of benzene rings is 1. The molecule has 0 amide bonds. The number of rotatable bonds is 5. The number of anilines is 1. The fourth-order valence-electron chi connectivity index (χ4n) is 4.03. The normalized spacial score (nSPS) is 19.3. The van der Waals surface area contributed by atoms with Crippen molar-refractivity contribution in [2.45, 2.75) is 37.1 Å². The van der Waals surface area contributed by atoms with Crippen LogP contribution < -0.4 is 4.90 Å². The maximum absolute atomic E-state index is 13.0. The molecule has 1 saturated carbocycles. The van der Waals surface area contributed by atoms with Crippen molar-refractivity contribution in [1.82, 2.24) is 9.29 Å². The van der Waals surface area contributed by atoms with E-state index in [9.17, 15) is 21.6 Å². The van der Waals surface area contributed by atoms with E-state index in [1.807, 2.05) is 6.07 Å². The Morgan fingerprint density at radius 3 is 2.45 bits per heavy atom. The number of pyridine rings is 1. The molecule has 0 spiro atoms. The molecule has 2 fully saturated rings. The molecule has 2 aromatic rings. The lowest BCUT2D eigenvalue weighted by molar-refractivity contribution is -0.137. The van der Waals surface area contributed by atoms with Crippen LogP contribution in [-0.4, -0.2) is 49.6 Å². The number of piperidine rings is 1. The van der Waals surface area contributed by atoms with Crippen LogP contribution in [0.4, 0.5) is 18.9 Å². The number of fused-ring (bicyclic) bond motifs is 1. The lowest BCUT2D eigenvalue weighted by Gasteiger charge is -2.35. The second-order valence-corrected chi connectivity index (χ2v) is 10.3. The molecule has 0 atom stereocenters. The Balaban J connectivity index is 1.45. The number of alkyl halides is 3. The van der Waals surface area contributed by atoms with E-state index < -0.39 is 21.8 Å². The molecule has 2 aliphatic rings. The van der Waals surface area contributed by atoms with E-state index in [-0.39, 0.29) is 11.2 Å². The predicted molar refractivity (Wildman–Crippen MR) is 106 cm³/mol. The van der Waals surface area contributed by atoms with Crippen molar-refractivity contribution < 1.29 is 21.6 Å². The number of aromatic nitrogens is 1. The fraction of sp³-hybridized carbons (Fsp3) is 0.550. The first-order valence-corrected chi connectivity index (χ1v) is 11.3. The summed E-state index contributed by atoms with van der Waals surface area (Å²) in [5.74, 6) is 0.287. The second-order valence-electron chi connectivity index (χ2n) is 8.01. The molecule has 158 valence electrons. The molecule has 0 unspecified atom stereocenters. The molecule has 2 heterocycles. The summed E-state index contributed by atoms with van der Waals surface area (Å²) in [5.41, 5.74) is 0.504. The molecule has 1 aliphatic heterocycles. The Kier molecular flexibility index (Phi) is 5.23. The summed E-state index contributed by atoms with van der Waals surface area (Å²) in [4.78, 5) is 6.27. The van der Waals surface area contributed by atoms with Gasteiger partial charge < -0.3 is 4.90 Å². The molecule has 1 aliphatic carbocycles. The van der Waals surface area contributed by atoms with Crippen LogP contribution >= 0.6 is 0 Å². The highest BCUT2D eigenvalue weighted by molar-refractivity contribution is 7.90. The van der Waals surface area contributed by atoms with Gasteiger partial charge >= 0.3 is 6.18 Å². The maximum Gasteiger partial charge on any atom is 0.416 e. The van der Waals surface area contributed by atoms with Crippen LogP contribution in [-0.2, 0) is 16.2 Å². The Labute approximate surface area is 168 Å². The first-order valence-electron chi connectivity index (χ1n) is 9.82. The average Bonchev–Trinajstić information content (AvgIpc) is 3.53. The zero-order valence-corrected chi connectivity index (χ0v) is 17.0. The van der Waals surface area contributed by atoms with Crippen LogP contribution in [0, 0.1) is 5.92 Å². The van der Waals surface area contributed by atoms with Crippen LogP contribution in [0.1, 0.15) is 31.2 Å². The van der Waals surface area contributed by atoms with Gasteiger partial charge in [-0.15, -0.1) is 0 Å². The number of hydrogen-bond donors (Lipinski definition) is 0. The summed E-state index contributed by atoms with van der Waals surface area (Å²) >= 11 is 0. The highest BCUT2D eigenvalue weighted by Gasteiger charge is 2.39. The average molecular weight is 427 g/mol. The van der Waals surface area contributed by atoms with Crippen molar-refractivity contribution >= 4 is 26.6 Å². The molecular weight excluding hydrogens is 403 g/mol. The Morgan fingerprint density at radius 1 is 1.14 bits per heavy atom. The minimum atomic E-state index is -4.39.